The van der Waals surface area contributed by atoms with Crippen LogP contribution in [0.3, 0.4) is 0 Å². The summed E-state index contributed by atoms with van der Waals surface area (Å²) in [6.07, 6.45) is 0. The molecule has 0 atom stereocenters. The van der Waals surface area contributed by atoms with Gasteiger partial charge >= 0.3 is 0 Å². The van der Waals surface area contributed by atoms with Crippen molar-refractivity contribution in [3.63, 3.8) is 0 Å². The summed E-state index contributed by atoms with van der Waals surface area (Å²) in [4.78, 5) is 2.44. The van der Waals surface area contributed by atoms with Gasteiger partial charge in [-0.3, -0.25) is 0 Å². The van der Waals surface area contributed by atoms with E-state index in [-0.39, 0.29) is 26.9 Å². The monoisotopic (exact) mass is 1600 g/mol. The van der Waals surface area contributed by atoms with Crippen LogP contribution in [0.25, 0.3) is 93.6 Å². The number of benzene rings is 18. The van der Waals surface area contributed by atoms with E-state index in [0.717, 1.165) is 269 Å². The highest BCUT2D eigenvalue weighted by Gasteiger charge is 2.56. The molecule has 12 nitrogen and oxygen atoms in total. The molecule has 0 saturated heterocycles. The van der Waals surface area contributed by atoms with Crippen LogP contribution in [0.4, 0.5) is 17.1 Å². The van der Waals surface area contributed by atoms with E-state index in [2.05, 4.69) is 346 Å². The summed E-state index contributed by atoms with van der Waals surface area (Å²) in [6.45, 7) is -1.71. The molecule has 12 aliphatic heterocycles. The standard InChI is InChI=1S/C108H54B6N4O8/c1-2-22-57(23-3-1)115-75-47-44-61-58-24-4-13-33-72(58)116-77-53-90-99-106(94(77)113(92(75)102(61)116)93-76(115)51-88-97-105(93)123-82-38-18-9-29-66(82)109(97)64-27-7-16-36-80(64)119-88)124-84-40-20-11-31-68(84)111(99)70-45-42-55(48-86(70)121-90)56-43-46-71-87(49-56)122-91-54-79-96(108-100(91)112(71)69-32-12-21-41-85(69)126-108)114-95-78(52-89-98-107(95)125-83-39-19-10-30-67(83)110(98)65-28-8-17-37-81(65)120-89)117-73-34-14-5-25-59(73)62-50-63-60-26-6-15-35-74(60)118(79)104(63)101(114)103(62)117/h1-54H. The molecule has 126 heavy (non-hydrogen) atoms. The average molecular weight is 1600 g/mol. The van der Waals surface area contributed by atoms with E-state index in [1.165, 1.54) is 32.5 Å². The smallest absolute Gasteiger partial charge is 0.261 e. The van der Waals surface area contributed by atoms with Crippen LogP contribution in [0.15, 0.2) is 328 Å². The van der Waals surface area contributed by atoms with Crippen molar-refractivity contribution in [1.29, 1.82) is 0 Å². The first-order valence-electron chi connectivity index (χ1n) is 43.5. The molecule has 0 saturated carbocycles. The number of hydrogen-bond acceptors (Lipinski definition) is 9. The van der Waals surface area contributed by atoms with Crippen LogP contribution in [0.2, 0.25) is 0 Å². The Morgan fingerprint density at radius 3 is 0.889 bits per heavy atom. The summed E-state index contributed by atoms with van der Waals surface area (Å²) in [5.74, 6) is 12.8. The lowest BCUT2D eigenvalue weighted by molar-refractivity contribution is 0.465. The number of fused-ring (bicyclic) bond motifs is 40. The van der Waals surface area contributed by atoms with Crippen molar-refractivity contribution in [2.45, 2.75) is 0 Å². The Labute approximate surface area is 720 Å². The molecule has 12 aliphatic rings. The summed E-state index contributed by atoms with van der Waals surface area (Å²) in [5, 5.41) is 7.05. The van der Waals surface area contributed by atoms with Crippen molar-refractivity contribution in [3.8, 4) is 120 Å². The Morgan fingerprint density at radius 1 is 0.175 bits per heavy atom. The topological polar surface area (TPSA) is 91.9 Å². The van der Waals surface area contributed by atoms with Crippen LogP contribution in [0.1, 0.15) is 0 Å². The minimum Gasteiger partial charge on any atom is -0.459 e. The Kier molecular flexibility index (Phi) is 11.5. The van der Waals surface area contributed by atoms with Gasteiger partial charge in [-0.25, -0.2) is 0 Å². The van der Waals surface area contributed by atoms with E-state index < -0.39 is 13.4 Å². The van der Waals surface area contributed by atoms with Gasteiger partial charge in [-0.15, -0.1) is 0 Å². The molecule has 33 rings (SSSR count). The first-order valence-corrected chi connectivity index (χ1v) is 43.5. The van der Waals surface area contributed by atoms with Crippen LogP contribution in [0, 0.1) is 0 Å². The number of rotatable bonds is 2. The van der Waals surface area contributed by atoms with Crippen LogP contribution in [-0.2, 0) is 0 Å². The van der Waals surface area contributed by atoms with E-state index in [1.807, 2.05) is 0 Å². The van der Waals surface area contributed by atoms with Gasteiger partial charge in [0.1, 0.15) is 92.0 Å². The third-order valence-corrected chi connectivity index (χ3v) is 29.9. The fourth-order valence-electron chi connectivity index (χ4n) is 25.2. The maximum Gasteiger partial charge on any atom is 0.261 e. The molecule has 3 aromatic heterocycles. The zero-order valence-electron chi connectivity index (χ0n) is 66.7. The SMILES string of the molecule is c1ccc(N2c3cc4c5c(c3B3c6c(cc7c8c6Oc6ccccc6B8c6ccc(-c8ccc9c(c8)Oc8cc%10c(c%11c8B9c8ccccc8O%11)B8c9c(cc%11c%12c9Oc9ccccc9B%12c9ccccc9O%11)-n9c%11ccccc%11c%11cc%12c%13ccccc%13n-%10c%12c8c%119)cc6O7)-n6c7ccccc7c7ccc2c3c76)Oc2ccccc2B5c2ccccc2O4)cc1. The second-order valence-electron chi connectivity index (χ2n) is 35.6. The highest BCUT2D eigenvalue weighted by Crippen LogP contribution is 2.53. The summed E-state index contributed by atoms with van der Waals surface area (Å²) < 4.78 is 68.3. The number of aromatic nitrogens is 3. The highest BCUT2D eigenvalue weighted by atomic mass is 16.5. The fourth-order valence-corrected chi connectivity index (χ4v) is 25.2. The second kappa shape index (κ2) is 22.4. The van der Waals surface area contributed by atoms with Gasteiger partial charge in [0.2, 0.25) is 0 Å². The quantitative estimate of drug-likeness (QED) is 0.157. The van der Waals surface area contributed by atoms with Gasteiger partial charge in [-0.05, 0) is 179 Å². The highest BCUT2D eigenvalue weighted by molar-refractivity contribution is 7.07. The normalized spacial score (nSPS) is 14.6. The molecule has 21 aromatic rings. The Hall–Kier alpha value is -16.1. The van der Waals surface area contributed by atoms with Crippen LogP contribution in [0.5, 0.6) is 92.0 Å². The van der Waals surface area contributed by atoms with E-state index in [4.69, 9.17) is 37.9 Å². The predicted molar refractivity (Wildman–Crippen MR) is 510 cm³/mol. The average Bonchev–Trinajstić information content (AvgIpc) is 1.44. The lowest BCUT2D eigenvalue weighted by Crippen LogP contribution is -2.66. The second-order valence-corrected chi connectivity index (χ2v) is 35.6. The van der Waals surface area contributed by atoms with Gasteiger partial charge in [0, 0.05) is 113 Å². The molecule has 0 aliphatic carbocycles. The van der Waals surface area contributed by atoms with E-state index in [0.29, 0.717) is 0 Å². The molecule has 15 heterocycles. The van der Waals surface area contributed by atoms with Crippen LogP contribution < -0.4 is 141 Å². The number of nitrogens with zero attached hydrogens (tertiary/aromatic N) is 4. The van der Waals surface area contributed by atoms with Gasteiger partial charge in [0.05, 0.1) is 33.1 Å². The molecule has 18 aromatic carbocycles. The molecule has 0 bridgehead atoms. The van der Waals surface area contributed by atoms with Crippen molar-refractivity contribution >= 4 is 221 Å². The summed E-state index contributed by atoms with van der Waals surface area (Å²) in [5.41, 5.74) is 34.1. The first kappa shape index (κ1) is 64.8. The van der Waals surface area contributed by atoms with E-state index >= 15 is 0 Å². The maximum atomic E-state index is 7.80. The molecule has 0 amide bonds. The molecule has 0 unspecified atom stereocenters. The maximum absolute atomic E-state index is 7.80. The molecular formula is C108H54B6N4O8. The lowest BCUT2D eigenvalue weighted by atomic mass is 9.29. The Bertz CT molecular complexity index is 8900. The van der Waals surface area contributed by atoms with Crippen molar-refractivity contribution in [2.24, 2.45) is 0 Å². The van der Waals surface area contributed by atoms with Crippen LogP contribution in [-0.4, -0.2) is 54.0 Å². The molecular weight excluding hydrogens is 1550 g/mol. The molecule has 572 valence electrons. The molecule has 18 heteroatoms. The predicted octanol–water partition coefficient (Wildman–Crippen LogP) is 13.3. The summed E-state index contributed by atoms with van der Waals surface area (Å²) in [6, 6.07) is 119. The van der Waals surface area contributed by atoms with Gasteiger partial charge in [-0.2, -0.15) is 0 Å². The van der Waals surface area contributed by atoms with E-state index in [9.17, 15) is 0 Å². The van der Waals surface area contributed by atoms with Crippen molar-refractivity contribution in [1.82, 2.24) is 13.7 Å². The summed E-state index contributed by atoms with van der Waals surface area (Å²) >= 11 is 0. The zero-order valence-corrected chi connectivity index (χ0v) is 66.7. The number of para-hydroxylation sites is 10. The molecule has 0 spiro atoms. The molecule has 0 fully saturated rings. The Balaban J connectivity index is 0.579. The van der Waals surface area contributed by atoms with E-state index in [1.54, 1.807) is 0 Å². The fraction of sp³-hybridized carbons (Fsp3) is 0. The first-order chi connectivity index (χ1) is 62.5. The van der Waals surface area contributed by atoms with Gasteiger partial charge in [-0.1, -0.05) is 212 Å². The number of hydrogen-bond donors (Lipinski definition) is 0. The molecule has 0 N–H and O–H groups in total. The van der Waals surface area contributed by atoms with Crippen molar-refractivity contribution < 1.29 is 37.9 Å². The van der Waals surface area contributed by atoms with Crippen molar-refractivity contribution in [3.05, 3.63) is 328 Å². The third kappa shape index (κ3) is 7.64. The molecule has 0 radical (unpaired) electrons. The Morgan fingerprint density at radius 2 is 0.484 bits per heavy atom. The van der Waals surface area contributed by atoms with Gasteiger partial charge < -0.3 is 56.5 Å². The minimum absolute atomic E-state index is 0.155. The largest absolute Gasteiger partial charge is 0.459 e. The van der Waals surface area contributed by atoms with Crippen molar-refractivity contribution in [2.75, 3.05) is 4.90 Å². The van der Waals surface area contributed by atoms with Gasteiger partial charge in [0.15, 0.2) is 0 Å². The minimum atomic E-state index is -0.420. The third-order valence-electron chi connectivity index (χ3n) is 29.9. The lowest BCUT2D eigenvalue weighted by Gasteiger charge is -2.44. The van der Waals surface area contributed by atoms with Crippen LogP contribution >= 0.6 is 0 Å². The van der Waals surface area contributed by atoms with Gasteiger partial charge in [0.25, 0.3) is 40.3 Å². The number of anilines is 3. The zero-order chi connectivity index (χ0) is 80.8. The summed E-state index contributed by atoms with van der Waals surface area (Å²) in [7, 11) is 0. The number of ether oxygens (including phenoxy) is 8.